The number of aromatic carboxylic acids is 1. The molecule has 0 saturated carbocycles. The lowest BCUT2D eigenvalue weighted by molar-refractivity contribution is 0.0126. The molecule has 0 aromatic carbocycles. The van der Waals surface area contributed by atoms with Crippen LogP contribution in [0, 0.1) is 0 Å². The van der Waals surface area contributed by atoms with Crippen molar-refractivity contribution < 1.29 is 14.6 Å². The van der Waals surface area contributed by atoms with E-state index < -0.39 is 5.97 Å². The van der Waals surface area contributed by atoms with Gasteiger partial charge in [0.1, 0.15) is 5.82 Å². The summed E-state index contributed by atoms with van der Waals surface area (Å²) < 4.78 is 5.67. The number of ether oxygens (including phenoxy) is 1. The third kappa shape index (κ3) is 3.89. The Morgan fingerprint density at radius 2 is 2.32 bits per heavy atom. The maximum Gasteiger partial charge on any atom is 0.356 e. The molecule has 19 heavy (non-hydrogen) atoms. The molecule has 1 atom stereocenters. The van der Waals surface area contributed by atoms with Crippen LogP contribution in [0.5, 0.6) is 0 Å². The molecule has 0 radical (unpaired) electrons. The number of carboxylic acids is 1. The quantitative estimate of drug-likeness (QED) is 0.871. The number of carbonyl (C=O) groups is 1. The fraction of sp³-hybridized carbons (Fsp3) is 0.615. The second kappa shape index (κ2) is 6.47. The van der Waals surface area contributed by atoms with Crippen LogP contribution < -0.4 is 4.90 Å². The molecule has 0 aliphatic carbocycles. The highest BCUT2D eigenvalue weighted by Crippen LogP contribution is 2.17. The monoisotopic (exact) mass is 265 g/mol. The van der Waals surface area contributed by atoms with Crippen molar-refractivity contribution >= 4 is 11.8 Å². The molecule has 6 nitrogen and oxygen atoms in total. The lowest BCUT2D eigenvalue weighted by Crippen LogP contribution is -2.27. The van der Waals surface area contributed by atoms with E-state index in [4.69, 9.17) is 9.84 Å². The van der Waals surface area contributed by atoms with Gasteiger partial charge in [-0.25, -0.2) is 14.8 Å². The average Bonchev–Trinajstić information content (AvgIpc) is 2.46. The summed E-state index contributed by atoms with van der Waals surface area (Å²) in [4.78, 5) is 20.6. The number of carboxylic acid groups (broad SMARTS) is 1. The Bertz CT molecular complexity index is 416. The van der Waals surface area contributed by atoms with Gasteiger partial charge in [0.25, 0.3) is 0 Å². The molecular weight excluding hydrogens is 246 g/mol. The van der Waals surface area contributed by atoms with E-state index in [1.807, 2.05) is 11.9 Å². The van der Waals surface area contributed by atoms with E-state index in [0.29, 0.717) is 11.9 Å². The molecule has 6 heteroatoms. The zero-order chi connectivity index (χ0) is 13.7. The first-order chi connectivity index (χ1) is 9.16. The number of nitrogens with zero attached hydrogens (tertiary/aromatic N) is 3. The molecule has 2 rings (SSSR count). The predicted octanol–water partition coefficient (Wildman–Crippen LogP) is 1.57. The van der Waals surface area contributed by atoms with Crippen LogP contribution in [0.15, 0.2) is 12.4 Å². The van der Waals surface area contributed by atoms with Crippen LogP contribution in [0.2, 0.25) is 0 Å². The molecular formula is C13H19N3O3. The first kappa shape index (κ1) is 13.7. The van der Waals surface area contributed by atoms with E-state index in [-0.39, 0.29) is 5.69 Å². The lowest BCUT2D eigenvalue weighted by atomic mass is 10.1. The van der Waals surface area contributed by atoms with Gasteiger partial charge in [-0.2, -0.15) is 0 Å². The molecule has 1 saturated heterocycles. The zero-order valence-corrected chi connectivity index (χ0v) is 11.1. The Morgan fingerprint density at radius 3 is 2.89 bits per heavy atom. The summed E-state index contributed by atoms with van der Waals surface area (Å²) in [5.41, 5.74) is -0.0345. The maximum atomic E-state index is 10.7. The van der Waals surface area contributed by atoms with E-state index >= 15 is 0 Å². The maximum absolute atomic E-state index is 10.7. The molecule has 104 valence electrons. The summed E-state index contributed by atoms with van der Waals surface area (Å²) in [5.74, 6) is -0.377. The minimum absolute atomic E-state index is 0.0345. The summed E-state index contributed by atoms with van der Waals surface area (Å²) in [7, 11) is 1.92. The van der Waals surface area contributed by atoms with Crippen LogP contribution >= 0.6 is 0 Å². The van der Waals surface area contributed by atoms with E-state index in [2.05, 4.69) is 9.97 Å². The molecule has 1 aliphatic rings. The van der Waals surface area contributed by atoms with Gasteiger partial charge in [-0.05, 0) is 25.7 Å². The first-order valence-corrected chi connectivity index (χ1v) is 6.55. The molecule has 1 unspecified atom stereocenters. The van der Waals surface area contributed by atoms with Crippen molar-refractivity contribution in [2.24, 2.45) is 0 Å². The Balaban J connectivity index is 1.84. The van der Waals surface area contributed by atoms with Crippen molar-refractivity contribution in [3.63, 3.8) is 0 Å². The highest BCUT2D eigenvalue weighted by molar-refractivity contribution is 5.84. The Morgan fingerprint density at radius 1 is 1.47 bits per heavy atom. The molecule has 0 bridgehead atoms. The second-order valence-corrected chi connectivity index (χ2v) is 4.76. The number of anilines is 1. The van der Waals surface area contributed by atoms with Gasteiger partial charge >= 0.3 is 5.97 Å². The molecule has 1 aromatic rings. The first-order valence-electron chi connectivity index (χ1n) is 6.55. The van der Waals surface area contributed by atoms with Gasteiger partial charge in [0.15, 0.2) is 5.69 Å². The molecule has 1 aromatic heterocycles. The average molecular weight is 265 g/mol. The largest absolute Gasteiger partial charge is 0.476 e. The number of rotatable bonds is 5. The third-order valence-corrected chi connectivity index (χ3v) is 3.31. The zero-order valence-electron chi connectivity index (χ0n) is 11.1. The third-order valence-electron chi connectivity index (χ3n) is 3.31. The Hall–Kier alpha value is -1.69. The van der Waals surface area contributed by atoms with Crippen molar-refractivity contribution in [2.75, 3.05) is 25.1 Å². The fourth-order valence-electron chi connectivity index (χ4n) is 2.12. The van der Waals surface area contributed by atoms with Gasteiger partial charge in [-0.3, -0.25) is 0 Å². The standard InChI is InChI=1S/C13H19N3O3/c1-16(6-5-10-4-2-3-7-19-10)12-9-14-11(8-15-12)13(17)18/h8-10H,2-7H2,1H3,(H,17,18). The van der Waals surface area contributed by atoms with Gasteiger partial charge in [-0.1, -0.05) is 0 Å². The highest BCUT2D eigenvalue weighted by Gasteiger charge is 2.15. The fourth-order valence-corrected chi connectivity index (χ4v) is 2.12. The predicted molar refractivity (Wildman–Crippen MR) is 70.5 cm³/mol. The van der Waals surface area contributed by atoms with Gasteiger partial charge in [0, 0.05) is 20.2 Å². The molecule has 0 spiro atoms. The summed E-state index contributed by atoms with van der Waals surface area (Å²) >= 11 is 0. The van der Waals surface area contributed by atoms with Crippen LogP contribution in [-0.2, 0) is 4.74 Å². The summed E-state index contributed by atoms with van der Waals surface area (Å²) in [5, 5.41) is 8.76. The van der Waals surface area contributed by atoms with E-state index in [9.17, 15) is 4.79 Å². The van der Waals surface area contributed by atoms with Crippen LogP contribution in [0.25, 0.3) is 0 Å². The van der Waals surface area contributed by atoms with Crippen LogP contribution in [0.1, 0.15) is 36.2 Å². The molecule has 1 N–H and O–H groups in total. The van der Waals surface area contributed by atoms with E-state index in [1.165, 1.54) is 18.8 Å². The van der Waals surface area contributed by atoms with E-state index in [1.54, 1.807) is 0 Å². The second-order valence-electron chi connectivity index (χ2n) is 4.76. The van der Waals surface area contributed by atoms with Crippen LogP contribution in [0.4, 0.5) is 5.82 Å². The number of hydrogen-bond donors (Lipinski definition) is 1. The van der Waals surface area contributed by atoms with Crippen molar-refractivity contribution in [3.05, 3.63) is 18.1 Å². The minimum atomic E-state index is -1.06. The van der Waals surface area contributed by atoms with Crippen LogP contribution in [0.3, 0.4) is 0 Å². The van der Waals surface area contributed by atoms with E-state index in [0.717, 1.165) is 32.4 Å². The van der Waals surface area contributed by atoms with Gasteiger partial charge in [-0.15, -0.1) is 0 Å². The normalized spacial score (nSPS) is 19.1. The Kier molecular flexibility index (Phi) is 4.68. The summed E-state index contributed by atoms with van der Waals surface area (Å²) in [6.45, 7) is 1.69. The SMILES string of the molecule is CN(CCC1CCCCO1)c1cnc(C(=O)O)cn1. The summed E-state index contributed by atoms with van der Waals surface area (Å²) in [6, 6.07) is 0. The smallest absolute Gasteiger partial charge is 0.356 e. The molecule has 2 heterocycles. The van der Waals surface area contributed by atoms with Gasteiger partial charge in [0.05, 0.1) is 18.5 Å². The topological polar surface area (TPSA) is 75.5 Å². The Labute approximate surface area is 112 Å². The number of hydrogen-bond acceptors (Lipinski definition) is 5. The number of aromatic nitrogens is 2. The van der Waals surface area contributed by atoms with Crippen molar-refractivity contribution in [1.82, 2.24) is 9.97 Å². The van der Waals surface area contributed by atoms with Crippen molar-refractivity contribution in [1.29, 1.82) is 0 Å². The molecule has 1 aliphatic heterocycles. The van der Waals surface area contributed by atoms with Crippen molar-refractivity contribution in [2.45, 2.75) is 31.8 Å². The van der Waals surface area contributed by atoms with Gasteiger partial charge in [0.2, 0.25) is 0 Å². The van der Waals surface area contributed by atoms with Gasteiger partial charge < -0.3 is 14.7 Å². The van der Waals surface area contributed by atoms with Crippen molar-refractivity contribution in [3.8, 4) is 0 Å². The molecule has 1 fully saturated rings. The highest BCUT2D eigenvalue weighted by atomic mass is 16.5. The summed E-state index contributed by atoms with van der Waals surface area (Å²) in [6.07, 6.45) is 7.59. The molecule has 0 amide bonds. The minimum Gasteiger partial charge on any atom is -0.476 e. The van der Waals surface area contributed by atoms with Crippen LogP contribution in [-0.4, -0.2) is 47.3 Å². The lowest BCUT2D eigenvalue weighted by Gasteiger charge is -2.25.